The van der Waals surface area contributed by atoms with Gasteiger partial charge in [0.25, 0.3) is 0 Å². The molecule has 0 bridgehead atoms. The van der Waals surface area contributed by atoms with Crippen LogP contribution in [0.15, 0.2) is 78.3 Å². The second kappa shape index (κ2) is 10.2. The van der Waals surface area contributed by atoms with Gasteiger partial charge >= 0.3 is 0 Å². The van der Waals surface area contributed by atoms with Crippen molar-refractivity contribution in [2.24, 2.45) is 0 Å². The van der Waals surface area contributed by atoms with Gasteiger partial charge in [0, 0.05) is 35.2 Å². The molecule has 0 aliphatic rings. The van der Waals surface area contributed by atoms with Crippen molar-refractivity contribution >= 4 is 40.1 Å². The summed E-state index contributed by atoms with van der Waals surface area (Å²) in [4.78, 5) is 28.3. The van der Waals surface area contributed by atoms with Gasteiger partial charge in [0.05, 0.1) is 21.3 Å². The van der Waals surface area contributed by atoms with Crippen molar-refractivity contribution in [2.45, 2.75) is 19.8 Å². The van der Waals surface area contributed by atoms with Gasteiger partial charge in [0.1, 0.15) is 11.6 Å². The summed E-state index contributed by atoms with van der Waals surface area (Å²) in [6, 6.07) is 19.9. The maximum Gasteiger partial charge on any atom is 0.227 e. The van der Waals surface area contributed by atoms with Gasteiger partial charge in [-0.3, -0.25) is 4.79 Å². The van der Waals surface area contributed by atoms with Crippen LogP contribution in [0.1, 0.15) is 15.4 Å². The van der Waals surface area contributed by atoms with Crippen LogP contribution in [0.4, 0.5) is 16.0 Å². The summed E-state index contributed by atoms with van der Waals surface area (Å²) in [6.07, 6.45) is 2.49. The fourth-order valence-electron chi connectivity index (χ4n) is 3.76. The van der Waals surface area contributed by atoms with Gasteiger partial charge in [-0.2, -0.15) is 0 Å². The zero-order valence-electron chi connectivity index (χ0n) is 18.9. The summed E-state index contributed by atoms with van der Waals surface area (Å²) in [7, 11) is 0. The lowest BCUT2D eigenvalue weighted by atomic mass is 10.0. The van der Waals surface area contributed by atoms with Gasteiger partial charge in [-0.15, -0.1) is 22.7 Å². The van der Waals surface area contributed by atoms with Crippen molar-refractivity contribution in [2.75, 3.05) is 5.32 Å². The first-order valence-electron chi connectivity index (χ1n) is 11.0. The smallest absolute Gasteiger partial charge is 0.227 e. The number of aromatic nitrogens is 3. The molecule has 3 aromatic heterocycles. The van der Waals surface area contributed by atoms with Crippen molar-refractivity contribution in [3.8, 4) is 21.8 Å². The van der Waals surface area contributed by atoms with E-state index in [0.29, 0.717) is 24.5 Å². The van der Waals surface area contributed by atoms with E-state index in [4.69, 9.17) is 4.98 Å². The van der Waals surface area contributed by atoms with Crippen molar-refractivity contribution < 1.29 is 9.18 Å². The van der Waals surface area contributed by atoms with Crippen LogP contribution in [0, 0.1) is 12.7 Å². The SMILES string of the molecule is Cc1nc(-c2cccc(CC(=O)Cc3cccs3)c2)c(-c2ccnc(Nc3cccc(F)c3)n2)s1. The Kier molecular flexibility index (Phi) is 6.74. The molecule has 5 nitrogen and oxygen atoms in total. The number of nitrogens with zero attached hydrogens (tertiary/aromatic N) is 3. The van der Waals surface area contributed by atoms with Crippen LogP contribution in [0.3, 0.4) is 0 Å². The van der Waals surface area contributed by atoms with Gasteiger partial charge in [-0.05, 0) is 54.3 Å². The third kappa shape index (κ3) is 5.67. The van der Waals surface area contributed by atoms with E-state index < -0.39 is 0 Å². The number of thiazole rings is 1. The van der Waals surface area contributed by atoms with Crippen molar-refractivity contribution in [3.05, 3.63) is 99.6 Å². The average molecular weight is 501 g/mol. The number of carbonyl (C=O) groups excluding carboxylic acids is 1. The van der Waals surface area contributed by atoms with Crippen LogP contribution in [0.2, 0.25) is 0 Å². The zero-order chi connectivity index (χ0) is 24.2. The van der Waals surface area contributed by atoms with E-state index in [1.165, 1.54) is 12.1 Å². The zero-order valence-corrected chi connectivity index (χ0v) is 20.5. The molecule has 0 aliphatic heterocycles. The van der Waals surface area contributed by atoms with Crippen molar-refractivity contribution in [3.63, 3.8) is 0 Å². The normalized spacial score (nSPS) is 10.9. The Morgan fingerprint density at radius 3 is 2.71 bits per heavy atom. The highest BCUT2D eigenvalue weighted by Gasteiger charge is 2.16. The number of Topliss-reactive ketones (excluding diaryl/α,β-unsaturated/α-hetero) is 1. The molecule has 0 amide bonds. The summed E-state index contributed by atoms with van der Waals surface area (Å²) >= 11 is 3.15. The maximum atomic E-state index is 13.6. The third-order valence-electron chi connectivity index (χ3n) is 5.26. The first kappa shape index (κ1) is 23.0. The standard InChI is InChI=1S/C27H21FN4OS2/c1-17-30-25(19-6-2-5-18(13-19)14-22(33)16-23-9-4-12-34-23)26(35-17)24-10-11-29-27(32-24)31-21-8-3-7-20(28)15-21/h2-13,15H,14,16H2,1H3,(H,29,31,32). The molecule has 0 unspecified atom stereocenters. The Balaban J connectivity index is 1.41. The Bertz CT molecular complexity index is 1480. The first-order valence-corrected chi connectivity index (χ1v) is 12.7. The molecule has 0 aliphatic carbocycles. The number of benzene rings is 2. The Hall–Kier alpha value is -3.75. The Labute approximate surface area is 210 Å². The Morgan fingerprint density at radius 1 is 1.00 bits per heavy atom. The molecule has 2 aromatic carbocycles. The molecule has 3 heterocycles. The number of ketones is 1. The fourth-order valence-corrected chi connectivity index (χ4v) is 5.41. The van der Waals surface area contributed by atoms with Gasteiger partial charge in [-0.25, -0.2) is 19.3 Å². The molecule has 0 saturated carbocycles. The van der Waals surface area contributed by atoms with E-state index in [-0.39, 0.29) is 11.6 Å². The van der Waals surface area contributed by atoms with E-state index in [9.17, 15) is 9.18 Å². The van der Waals surface area contributed by atoms with Crippen LogP contribution in [0.25, 0.3) is 21.8 Å². The number of rotatable bonds is 8. The van der Waals surface area contributed by atoms with Crippen LogP contribution >= 0.6 is 22.7 Å². The van der Waals surface area contributed by atoms with Gasteiger partial charge in [0.15, 0.2) is 0 Å². The second-order valence-electron chi connectivity index (χ2n) is 7.98. The minimum absolute atomic E-state index is 0.183. The number of halogens is 1. The molecular formula is C27H21FN4OS2. The summed E-state index contributed by atoms with van der Waals surface area (Å²) in [5.41, 5.74) is 4.00. The topological polar surface area (TPSA) is 67.8 Å². The van der Waals surface area contributed by atoms with Gasteiger partial charge in [-0.1, -0.05) is 30.3 Å². The molecule has 0 spiro atoms. The number of nitrogens with one attached hydrogen (secondary N) is 1. The molecule has 174 valence electrons. The minimum Gasteiger partial charge on any atom is -0.324 e. The summed E-state index contributed by atoms with van der Waals surface area (Å²) < 4.78 is 13.6. The van der Waals surface area contributed by atoms with E-state index in [1.54, 1.807) is 41.0 Å². The van der Waals surface area contributed by atoms with Gasteiger partial charge in [0.2, 0.25) is 5.95 Å². The number of hydrogen-bond donors (Lipinski definition) is 1. The molecule has 1 N–H and O–H groups in total. The van der Waals surface area contributed by atoms with E-state index in [0.717, 1.165) is 37.3 Å². The monoisotopic (exact) mass is 500 g/mol. The molecule has 8 heteroatoms. The third-order valence-corrected chi connectivity index (χ3v) is 7.13. The molecule has 5 aromatic rings. The molecule has 0 radical (unpaired) electrons. The van der Waals surface area contributed by atoms with Crippen LogP contribution in [-0.2, 0) is 17.6 Å². The lowest BCUT2D eigenvalue weighted by Crippen LogP contribution is -2.05. The summed E-state index contributed by atoms with van der Waals surface area (Å²) in [6.45, 7) is 1.96. The van der Waals surface area contributed by atoms with Crippen molar-refractivity contribution in [1.29, 1.82) is 0 Å². The predicted molar refractivity (Wildman–Crippen MR) is 140 cm³/mol. The van der Waals surface area contributed by atoms with E-state index in [2.05, 4.69) is 15.3 Å². The quantitative estimate of drug-likeness (QED) is 0.252. The highest BCUT2D eigenvalue weighted by molar-refractivity contribution is 7.15. The number of anilines is 2. The van der Waals surface area contributed by atoms with Crippen molar-refractivity contribution in [1.82, 2.24) is 15.0 Å². The molecule has 0 saturated heterocycles. The maximum absolute atomic E-state index is 13.6. The van der Waals surface area contributed by atoms with E-state index >= 15 is 0 Å². The summed E-state index contributed by atoms with van der Waals surface area (Å²) in [5, 5.41) is 5.95. The second-order valence-corrected chi connectivity index (χ2v) is 10.2. The molecule has 35 heavy (non-hydrogen) atoms. The highest BCUT2D eigenvalue weighted by Crippen LogP contribution is 2.36. The van der Waals surface area contributed by atoms with Crippen LogP contribution in [0.5, 0.6) is 0 Å². The molecule has 0 fully saturated rings. The van der Waals surface area contributed by atoms with Crippen LogP contribution in [-0.4, -0.2) is 20.7 Å². The molecule has 5 rings (SSSR count). The number of hydrogen-bond acceptors (Lipinski definition) is 7. The highest BCUT2D eigenvalue weighted by atomic mass is 32.1. The van der Waals surface area contributed by atoms with Gasteiger partial charge < -0.3 is 5.32 Å². The fraction of sp³-hybridized carbons (Fsp3) is 0.111. The molecular weight excluding hydrogens is 479 g/mol. The first-order chi connectivity index (χ1) is 17.0. The summed E-state index contributed by atoms with van der Waals surface area (Å²) in [5.74, 6) is 0.224. The Morgan fingerprint density at radius 2 is 1.89 bits per heavy atom. The molecule has 0 atom stereocenters. The lowest BCUT2D eigenvalue weighted by Gasteiger charge is -2.08. The van der Waals surface area contributed by atoms with E-state index in [1.807, 2.05) is 54.8 Å². The number of thiophene rings is 1. The average Bonchev–Trinajstić information content (AvgIpc) is 3.49. The predicted octanol–water partition coefficient (Wildman–Crippen LogP) is 6.87. The minimum atomic E-state index is -0.333. The number of aryl methyl sites for hydroxylation is 1. The largest absolute Gasteiger partial charge is 0.324 e. The number of carbonyl (C=O) groups is 1. The lowest BCUT2D eigenvalue weighted by molar-refractivity contribution is -0.117. The van der Waals surface area contributed by atoms with Crippen LogP contribution < -0.4 is 5.32 Å².